The van der Waals surface area contributed by atoms with Crippen molar-refractivity contribution in [1.29, 1.82) is 0 Å². The molecule has 0 aliphatic heterocycles. The number of carbonyl (C=O) groups is 1. The van der Waals surface area contributed by atoms with Crippen LogP contribution in [0.3, 0.4) is 0 Å². The summed E-state index contributed by atoms with van der Waals surface area (Å²) in [6, 6.07) is 4.63. The van der Waals surface area contributed by atoms with Crippen molar-refractivity contribution in [3.63, 3.8) is 0 Å². The van der Waals surface area contributed by atoms with E-state index in [2.05, 4.69) is 46.2 Å². The fraction of sp³-hybridized carbons (Fsp3) is 0.591. The van der Waals surface area contributed by atoms with Crippen LogP contribution in [0.4, 0.5) is 0 Å². The van der Waals surface area contributed by atoms with E-state index in [1.54, 1.807) is 26.4 Å². The van der Waals surface area contributed by atoms with E-state index in [9.17, 15) is 4.79 Å². The number of ether oxygens (including phenoxy) is 2. The fourth-order valence-corrected chi connectivity index (χ4v) is 8.19. The minimum absolute atomic E-state index is 0.144. The lowest BCUT2D eigenvalue weighted by molar-refractivity contribution is -0.131. The Morgan fingerprint density at radius 1 is 1.06 bits per heavy atom. The van der Waals surface area contributed by atoms with Gasteiger partial charge in [0.1, 0.15) is 15.4 Å². The first kappa shape index (κ1) is 27.6. The Kier molecular flexibility index (Phi) is 10.7. The molecule has 0 fully saturated rings. The number of hydrogen-bond acceptors (Lipinski definition) is 5. The molecule has 1 aromatic rings. The third-order valence-corrected chi connectivity index (χ3v) is 7.79. The zero-order valence-electron chi connectivity index (χ0n) is 20.4. The summed E-state index contributed by atoms with van der Waals surface area (Å²) in [5.74, 6) is 0.305. The van der Waals surface area contributed by atoms with Gasteiger partial charge in [-0.05, 0) is 69.3 Å². The van der Waals surface area contributed by atoms with Gasteiger partial charge in [-0.3, -0.25) is 0 Å². The van der Waals surface area contributed by atoms with Gasteiger partial charge in [0, 0.05) is 11.6 Å². The molecule has 2 radical (unpaired) electrons. The molecule has 0 saturated carbocycles. The van der Waals surface area contributed by atoms with Gasteiger partial charge in [0.15, 0.2) is 28.1 Å². The molecule has 1 N–H and O–H groups in total. The van der Waals surface area contributed by atoms with Gasteiger partial charge >= 0.3 is 5.97 Å². The maximum absolute atomic E-state index is 11.0. The Hall–Kier alpha value is -1.40. The molecule has 0 aromatic heterocycles. The van der Waals surface area contributed by atoms with E-state index in [-0.39, 0.29) is 11.8 Å². The predicted octanol–water partition coefficient (Wildman–Crippen LogP) is 5.40. The average molecular weight is 483 g/mol. The molecule has 6 nitrogen and oxygen atoms in total. The fourth-order valence-electron chi connectivity index (χ4n) is 3.09. The third-order valence-electron chi connectivity index (χ3n) is 4.33. The van der Waals surface area contributed by atoms with Crippen molar-refractivity contribution >= 4 is 38.2 Å². The van der Waals surface area contributed by atoms with E-state index < -0.39 is 22.6 Å². The second kappa shape index (κ2) is 12.0. The average Bonchev–Trinajstić information content (AvgIpc) is 2.62. The predicted molar refractivity (Wildman–Crippen MR) is 132 cm³/mol. The van der Waals surface area contributed by atoms with Gasteiger partial charge in [0.05, 0.1) is 14.2 Å². The van der Waals surface area contributed by atoms with Crippen LogP contribution in [0, 0.1) is 0 Å². The van der Waals surface area contributed by atoms with Crippen LogP contribution in [0.5, 0.6) is 11.5 Å². The standard InChI is InChI=1S/C22H38O6Si3/c1-16(14-15-29-22(27-30(4,5)6)28-31(7,8)9)20-17(11-13-19(23)24)10-12-18(25-2)21(20)26-3/h10-13,16,22H,14-15H2,1-9H3,(H,23,24)/b13-11+. The summed E-state index contributed by atoms with van der Waals surface area (Å²) < 4.78 is 23.7. The van der Waals surface area contributed by atoms with Crippen LogP contribution in [0.1, 0.15) is 30.4 Å². The SMILES string of the molecule is COc1ccc(/C=C/C(=O)O)c(C(C)CC[Si]C(O[Si](C)(C)C)O[Si](C)(C)C)c1OC. The zero-order chi connectivity index (χ0) is 23.8. The molecule has 0 amide bonds. The monoisotopic (exact) mass is 482 g/mol. The molecule has 0 spiro atoms. The second-order valence-corrected chi connectivity index (χ2v) is 19.7. The molecule has 1 rings (SSSR count). The van der Waals surface area contributed by atoms with E-state index in [4.69, 9.17) is 23.4 Å². The van der Waals surface area contributed by atoms with Crippen molar-refractivity contribution < 1.29 is 28.2 Å². The summed E-state index contributed by atoms with van der Waals surface area (Å²) in [6.45, 7) is 15.2. The number of carboxylic acid groups (broad SMARTS) is 1. The minimum atomic E-state index is -1.72. The second-order valence-electron chi connectivity index (χ2n) is 9.41. The normalized spacial score (nSPS) is 13.6. The van der Waals surface area contributed by atoms with E-state index >= 15 is 0 Å². The highest BCUT2D eigenvalue weighted by molar-refractivity contribution is 6.71. The first-order valence-corrected chi connectivity index (χ1v) is 18.6. The number of hydrogen-bond donors (Lipinski definition) is 1. The van der Waals surface area contributed by atoms with Crippen molar-refractivity contribution in [3.8, 4) is 11.5 Å². The zero-order valence-corrected chi connectivity index (χ0v) is 23.4. The Morgan fingerprint density at radius 2 is 1.65 bits per heavy atom. The number of methoxy groups -OCH3 is 2. The van der Waals surface area contributed by atoms with Gasteiger partial charge in [-0.2, -0.15) is 0 Å². The number of aliphatic carboxylic acids is 1. The third kappa shape index (κ3) is 10.2. The summed E-state index contributed by atoms with van der Waals surface area (Å²) >= 11 is 0. The van der Waals surface area contributed by atoms with Crippen LogP contribution in [-0.4, -0.2) is 57.4 Å². The molecule has 0 bridgehead atoms. The van der Waals surface area contributed by atoms with Gasteiger partial charge in [-0.25, -0.2) is 4.79 Å². The maximum Gasteiger partial charge on any atom is 0.328 e. The first-order valence-electron chi connectivity index (χ1n) is 10.5. The Labute approximate surface area is 192 Å². The topological polar surface area (TPSA) is 74.2 Å². The van der Waals surface area contributed by atoms with E-state index in [0.717, 1.165) is 29.7 Å². The Morgan fingerprint density at radius 3 is 2.10 bits per heavy atom. The van der Waals surface area contributed by atoms with Gasteiger partial charge < -0.3 is 23.4 Å². The van der Waals surface area contributed by atoms with Gasteiger partial charge in [-0.1, -0.05) is 19.0 Å². The molecule has 1 unspecified atom stereocenters. The molecule has 174 valence electrons. The highest BCUT2D eigenvalue weighted by atomic mass is 28.4. The molecule has 1 atom stereocenters. The van der Waals surface area contributed by atoms with E-state index in [1.165, 1.54) is 0 Å². The van der Waals surface area contributed by atoms with Gasteiger partial charge in [0.25, 0.3) is 0 Å². The highest BCUT2D eigenvalue weighted by Gasteiger charge is 2.27. The minimum Gasteiger partial charge on any atom is -0.493 e. The summed E-state index contributed by atoms with van der Waals surface area (Å²) in [5.41, 5.74) is 1.78. The lowest BCUT2D eigenvalue weighted by Crippen LogP contribution is -2.43. The number of carboxylic acids is 1. The lowest BCUT2D eigenvalue weighted by atomic mass is 9.92. The van der Waals surface area contributed by atoms with Gasteiger partial charge in [0.2, 0.25) is 0 Å². The van der Waals surface area contributed by atoms with E-state index in [0.29, 0.717) is 21.0 Å². The van der Waals surface area contributed by atoms with Crippen molar-refractivity contribution in [2.45, 2.75) is 70.5 Å². The quantitative estimate of drug-likeness (QED) is 0.230. The molecule has 9 heteroatoms. The van der Waals surface area contributed by atoms with Crippen molar-refractivity contribution in [2.75, 3.05) is 14.2 Å². The molecule has 0 heterocycles. The smallest absolute Gasteiger partial charge is 0.328 e. The highest BCUT2D eigenvalue weighted by Crippen LogP contribution is 2.40. The molecule has 0 aliphatic rings. The molecular formula is C22H38O6Si3. The maximum atomic E-state index is 11.0. The van der Waals surface area contributed by atoms with Crippen molar-refractivity contribution in [2.24, 2.45) is 0 Å². The molecule has 31 heavy (non-hydrogen) atoms. The first-order chi connectivity index (χ1) is 14.3. The van der Waals surface area contributed by atoms with Crippen LogP contribution in [0.2, 0.25) is 45.3 Å². The largest absolute Gasteiger partial charge is 0.493 e. The van der Waals surface area contributed by atoms with E-state index in [1.807, 2.05) is 6.07 Å². The van der Waals surface area contributed by atoms with Crippen LogP contribution in [-0.2, 0) is 13.6 Å². The molecule has 0 aliphatic carbocycles. The molecular weight excluding hydrogens is 444 g/mol. The van der Waals surface area contributed by atoms with Gasteiger partial charge in [-0.15, -0.1) is 0 Å². The number of benzene rings is 1. The van der Waals surface area contributed by atoms with Crippen LogP contribution in [0.25, 0.3) is 6.08 Å². The summed E-state index contributed by atoms with van der Waals surface area (Å²) in [4.78, 5) is 11.0. The van der Waals surface area contributed by atoms with Crippen LogP contribution >= 0.6 is 0 Å². The number of rotatable bonds is 13. The lowest BCUT2D eigenvalue weighted by Gasteiger charge is -2.31. The summed E-state index contributed by atoms with van der Waals surface area (Å²) in [7, 11) is 0.321. The summed E-state index contributed by atoms with van der Waals surface area (Å²) in [6.07, 6.45) is 3.67. The van der Waals surface area contributed by atoms with Crippen LogP contribution < -0.4 is 9.47 Å². The van der Waals surface area contributed by atoms with Crippen molar-refractivity contribution in [3.05, 3.63) is 29.3 Å². The molecule has 0 saturated heterocycles. The summed E-state index contributed by atoms with van der Waals surface area (Å²) in [5, 5.41) is 9.06. The molecule has 1 aromatic carbocycles. The Balaban J connectivity index is 3.05. The Bertz CT molecular complexity index is 737. The van der Waals surface area contributed by atoms with Crippen LogP contribution in [0.15, 0.2) is 18.2 Å². The van der Waals surface area contributed by atoms with Crippen molar-refractivity contribution in [1.82, 2.24) is 0 Å².